The summed E-state index contributed by atoms with van der Waals surface area (Å²) in [7, 11) is 0. The van der Waals surface area contributed by atoms with E-state index in [0.29, 0.717) is 23.3 Å². The van der Waals surface area contributed by atoms with Gasteiger partial charge in [0.1, 0.15) is 5.82 Å². The van der Waals surface area contributed by atoms with E-state index in [0.717, 1.165) is 57.4 Å². The summed E-state index contributed by atoms with van der Waals surface area (Å²) in [6, 6.07) is 35.1. The minimum atomic E-state index is -0.134. The monoisotopic (exact) mass is 792 g/mol. The first-order valence-electron chi connectivity index (χ1n) is 18.6. The first-order chi connectivity index (χ1) is 24.8. The molecule has 0 saturated carbocycles. The minimum absolute atomic E-state index is 0. The fourth-order valence-electron chi connectivity index (χ4n) is 7.49. The summed E-state index contributed by atoms with van der Waals surface area (Å²) in [5, 5.41) is 7.48. The molecule has 0 fully saturated rings. The Morgan fingerprint density at radius 2 is 1.45 bits per heavy atom. The normalized spacial score (nSPS) is 11.9. The molecule has 0 bridgehead atoms. The standard InChI is InChI=1S/C47H50N4O.Pd/c1-29(2)22-34-20-21-48-44(24-34)50-41-17-12-11-16-39(41)40-19-18-37(28-42(40)50)52-38-26-35(47(8,9)10)25-36(27-38)51-43(23-30(3)4)46(33(7)49-51)45-31(5)14-13-15-32(45)6;/h11-21,24-26,29-30H,22-23H2,1-10H3;/q-2;+2. The van der Waals surface area contributed by atoms with E-state index in [-0.39, 0.29) is 25.8 Å². The van der Waals surface area contributed by atoms with Crippen molar-refractivity contribution >= 4 is 21.8 Å². The third-order valence-electron chi connectivity index (χ3n) is 9.87. The van der Waals surface area contributed by atoms with Crippen molar-refractivity contribution in [3.8, 4) is 34.1 Å². The van der Waals surface area contributed by atoms with Crippen LogP contribution in [0.5, 0.6) is 11.5 Å². The van der Waals surface area contributed by atoms with E-state index in [1.54, 1.807) is 0 Å². The zero-order valence-corrected chi connectivity index (χ0v) is 34.2. The Hall–Kier alpha value is -4.50. The molecule has 0 N–H and O–H groups in total. The van der Waals surface area contributed by atoms with Crippen LogP contribution in [-0.4, -0.2) is 19.3 Å². The van der Waals surface area contributed by atoms with Gasteiger partial charge in [0.25, 0.3) is 0 Å². The number of aryl methyl sites for hydroxylation is 3. The summed E-state index contributed by atoms with van der Waals surface area (Å²) < 4.78 is 11.1. The van der Waals surface area contributed by atoms with Crippen LogP contribution in [0.25, 0.3) is 44.4 Å². The van der Waals surface area contributed by atoms with Crippen LogP contribution in [-0.2, 0) is 38.7 Å². The van der Waals surface area contributed by atoms with Crippen LogP contribution < -0.4 is 4.74 Å². The molecular weight excluding hydrogens is 743 g/mol. The predicted octanol–water partition coefficient (Wildman–Crippen LogP) is 12.0. The maximum absolute atomic E-state index is 6.74. The Bertz CT molecular complexity index is 2400. The van der Waals surface area contributed by atoms with Gasteiger partial charge in [0.15, 0.2) is 0 Å². The smallest absolute Gasteiger partial charge is 0.509 e. The summed E-state index contributed by atoms with van der Waals surface area (Å²) in [4.78, 5) is 4.84. The van der Waals surface area contributed by atoms with Crippen molar-refractivity contribution in [1.82, 2.24) is 19.3 Å². The van der Waals surface area contributed by atoms with Gasteiger partial charge in [-0.2, -0.15) is 11.2 Å². The van der Waals surface area contributed by atoms with Gasteiger partial charge in [-0.25, -0.2) is 4.98 Å². The number of hydrogen-bond donors (Lipinski definition) is 0. The van der Waals surface area contributed by atoms with E-state index in [4.69, 9.17) is 14.8 Å². The van der Waals surface area contributed by atoms with Gasteiger partial charge < -0.3 is 9.30 Å². The molecule has 7 aromatic rings. The third-order valence-corrected chi connectivity index (χ3v) is 9.87. The second-order valence-electron chi connectivity index (χ2n) is 16.2. The summed E-state index contributed by atoms with van der Waals surface area (Å²) in [5.74, 6) is 3.13. The molecule has 0 spiro atoms. The second kappa shape index (κ2) is 15.1. The van der Waals surface area contributed by atoms with E-state index in [2.05, 4.69) is 163 Å². The zero-order valence-electron chi connectivity index (χ0n) is 32.7. The first-order valence-corrected chi connectivity index (χ1v) is 18.6. The summed E-state index contributed by atoms with van der Waals surface area (Å²) in [6.45, 7) is 22.3. The van der Waals surface area contributed by atoms with Crippen LogP contribution in [0.2, 0.25) is 0 Å². The van der Waals surface area contributed by atoms with Gasteiger partial charge in [-0.1, -0.05) is 90.4 Å². The maximum Gasteiger partial charge on any atom is 2.00 e. The van der Waals surface area contributed by atoms with E-state index >= 15 is 0 Å². The number of aromatic nitrogens is 4. The molecule has 0 saturated heterocycles. The largest absolute Gasteiger partial charge is 2.00 e. The molecule has 0 radical (unpaired) electrons. The molecule has 0 aliphatic rings. The van der Waals surface area contributed by atoms with Crippen LogP contribution in [0.4, 0.5) is 0 Å². The third kappa shape index (κ3) is 7.63. The van der Waals surface area contributed by atoms with Crippen LogP contribution in [0.15, 0.2) is 85.1 Å². The molecule has 0 aliphatic carbocycles. The molecule has 0 amide bonds. The van der Waals surface area contributed by atoms with Gasteiger partial charge in [-0.05, 0) is 102 Å². The average Bonchev–Trinajstić information content (AvgIpc) is 3.57. The summed E-state index contributed by atoms with van der Waals surface area (Å²) >= 11 is 0. The number of nitrogens with zero attached hydrogens (tertiary/aromatic N) is 4. The Labute approximate surface area is 329 Å². The topological polar surface area (TPSA) is 44.9 Å². The molecule has 53 heavy (non-hydrogen) atoms. The van der Waals surface area contributed by atoms with Gasteiger partial charge in [0.05, 0.1) is 11.4 Å². The number of fused-ring (bicyclic) bond motifs is 3. The predicted molar refractivity (Wildman–Crippen MR) is 215 cm³/mol. The van der Waals surface area contributed by atoms with Crippen LogP contribution in [0.1, 0.15) is 82.1 Å². The van der Waals surface area contributed by atoms with Crippen LogP contribution in [0, 0.1) is 44.7 Å². The fraction of sp³-hybridized carbons (Fsp3) is 0.319. The number of ether oxygens (including phenoxy) is 1. The molecule has 6 heteroatoms. The fourth-order valence-corrected chi connectivity index (χ4v) is 7.49. The van der Waals surface area contributed by atoms with E-state index in [9.17, 15) is 0 Å². The molecule has 3 aromatic heterocycles. The molecule has 0 unspecified atom stereocenters. The maximum atomic E-state index is 6.74. The number of pyridine rings is 1. The number of rotatable bonds is 9. The number of hydrogen-bond acceptors (Lipinski definition) is 3. The number of benzene rings is 4. The van der Waals surface area contributed by atoms with Gasteiger partial charge in [0, 0.05) is 28.8 Å². The second-order valence-corrected chi connectivity index (χ2v) is 16.2. The molecule has 0 aliphatic heterocycles. The molecule has 7 rings (SSSR count). The van der Waals surface area contributed by atoms with Crippen LogP contribution >= 0.6 is 0 Å². The quantitative estimate of drug-likeness (QED) is 0.108. The summed E-state index contributed by atoms with van der Waals surface area (Å²) in [6.07, 6.45) is 3.79. The van der Waals surface area contributed by atoms with Crippen molar-refractivity contribution in [2.75, 3.05) is 0 Å². The van der Waals surface area contributed by atoms with E-state index in [1.807, 2.05) is 12.3 Å². The Kier molecular flexibility index (Phi) is 10.9. The molecular formula is C47H50N4OPd. The Morgan fingerprint density at radius 1 is 0.736 bits per heavy atom. The van der Waals surface area contributed by atoms with Crippen molar-refractivity contribution in [3.63, 3.8) is 0 Å². The van der Waals surface area contributed by atoms with E-state index in [1.165, 1.54) is 33.5 Å². The molecule has 3 heterocycles. The van der Waals surface area contributed by atoms with Crippen molar-refractivity contribution in [1.29, 1.82) is 0 Å². The molecule has 5 nitrogen and oxygen atoms in total. The first kappa shape index (κ1) is 38.2. The molecule has 274 valence electrons. The Morgan fingerprint density at radius 3 is 2.15 bits per heavy atom. The van der Waals surface area contributed by atoms with Crippen molar-refractivity contribution in [2.24, 2.45) is 11.8 Å². The Balaban J connectivity index is 0.00000481. The van der Waals surface area contributed by atoms with Gasteiger partial charge in [-0.15, -0.1) is 41.3 Å². The average molecular weight is 793 g/mol. The minimum Gasteiger partial charge on any atom is -0.509 e. The van der Waals surface area contributed by atoms with Crippen molar-refractivity contribution < 1.29 is 25.2 Å². The van der Waals surface area contributed by atoms with Gasteiger partial charge in [0.2, 0.25) is 0 Å². The summed E-state index contributed by atoms with van der Waals surface area (Å²) in [5.41, 5.74) is 12.4. The molecule has 4 aromatic carbocycles. The van der Waals surface area contributed by atoms with Gasteiger partial charge in [-0.3, -0.25) is 4.68 Å². The van der Waals surface area contributed by atoms with Crippen molar-refractivity contribution in [3.05, 3.63) is 131 Å². The van der Waals surface area contributed by atoms with Crippen LogP contribution in [0.3, 0.4) is 0 Å². The number of para-hydroxylation sites is 1. The molecule has 0 atom stereocenters. The van der Waals surface area contributed by atoms with Gasteiger partial charge >= 0.3 is 20.4 Å². The zero-order chi connectivity index (χ0) is 36.9. The van der Waals surface area contributed by atoms with Crippen molar-refractivity contribution in [2.45, 2.75) is 87.5 Å². The SMILES string of the molecule is Cc1cccc(C)c1-c1c(C)nn(-c2[c-]c(Oc3[c-]c4c(cc3)c3ccccc3n4-c3cc(CC(C)C)ccn3)cc(C(C)(C)C)c2)c1CC(C)C.[Pd+2]. The van der Waals surface area contributed by atoms with E-state index < -0.39 is 0 Å².